The van der Waals surface area contributed by atoms with E-state index >= 15 is 0 Å². The molecule has 88 valence electrons. The van der Waals surface area contributed by atoms with Crippen molar-refractivity contribution < 1.29 is 22.7 Å². The first-order valence-corrected chi connectivity index (χ1v) is 5.08. The Hall–Kier alpha value is -0.740. The lowest BCUT2D eigenvalue weighted by Crippen LogP contribution is -2.34. The fourth-order valence-corrected chi connectivity index (χ4v) is 1.82. The molecule has 1 aliphatic carbocycles. The summed E-state index contributed by atoms with van der Waals surface area (Å²) in [6.07, 6.45) is -3.55. The summed E-state index contributed by atoms with van der Waals surface area (Å²) < 4.78 is 40.1. The molecule has 0 N–H and O–H groups in total. The number of ether oxygens (including phenoxy) is 1. The molecule has 0 spiro atoms. The summed E-state index contributed by atoms with van der Waals surface area (Å²) in [6.45, 7) is 4.03. The van der Waals surface area contributed by atoms with Gasteiger partial charge in [-0.05, 0) is 31.1 Å². The lowest BCUT2D eigenvalue weighted by Gasteiger charge is -2.31. The standard InChI is InChI=1S/C10H15F3O2/c1-6-3-4-8(5-7(6)2)15-9(14)10(11,12)13/h6-8H,3-5H2,1-2H3/t6-,7+,8-/m1/s1. The molecule has 5 heteroatoms. The van der Waals surface area contributed by atoms with Crippen molar-refractivity contribution in [2.24, 2.45) is 11.8 Å². The van der Waals surface area contributed by atoms with Gasteiger partial charge in [0, 0.05) is 0 Å². The Kier molecular flexibility index (Phi) is 3.62. The van der Waals surface area contributed by atoms with Crippen molar-refractivity contribution in [2.75, 3.05) is 0 Å². The number of hydrogen-bond acceptors (Lipinski definition) is 2. The first-order valence-electron chi connectivity index (χ1n) is 5.08. The summed E-state index contributed by atoms with van der Waals surface area (Å²) in [5.74, 6) is -1.26. The molecule has 0 aromatic heterocycles. The number of carbonyl (C=O) groups is 1. The van der Waals surface area contributed by atoms with Crippen LogP contribution in [0.4, 0.5) is 13.2 Å². The Balaban J connectivity index is 2.44. The molecule has 1 saturated carbocycles. The summed E-state index contributed by atoms with van der Waals surface area (Å²) in [5.41, 5.74) is 0. The molecule has 0 aromatic rings. The van der Waals surface area contributed by atoms with Crippen LogP contribution in [-0.4, -0.2) is 18.2 Å². The van der Waals surface area contributed by atoms with Gasteiger partial charge in [-0.15, -0.1) is 0 Å². The quantitative estimate of drug-likeness (QED) is 0.640. The van der Waals surface area contributed by atoms with Gasteiger partial charge in [0.1, 0.15) is 6.10 Å². The second kappa shape index (κ2) is 4.41. The van der Waals surface area contributed by atoms with Gasteiger partial charge >= 0.3 is 12.1 Å². The Morgan fingerprint density at radius 3 is 2.27 bits per heavy atom. The first-order chi connectivity index (χ1) is 6.80. The third-order valence-corrected chi connectivity index (χ3v) is 3.06. The van der Waals surface area contributed by atoms with E-state index in [1.807, 2.05) is 6.92 Å². The molecule has 0 amide bonds. The van der Waals surface area contributed by atoms with Crippen molar-refractivity contribution in [3.8, 4) is 0 Å². The zero-order valence-corrected chi connectivity index (χ0v) is 8.80. The maximum absolute atomic E-state index is 11.9. The zero-order valence-electron chi connectivity index (χ0n) is 8.80. The van der Waals surface area contributed by atoms with Crippen molar-refractivity contribution in [3.63, 3.8) is 0 Å². The minimum atomic E-state index is -4.87. The highest BCUT2D eigenvalue weighted by Gasteiger charge is 2.42. The predicted octanol–water partition coefficient (Wildman–Crippen LogP) is 2.92. The minimum absolute atomic E-state index is 0.310. The molecule has 1 rings (SSSR count). The smallest absolute Gasteiger partial charge is 0.456 e. The number of hydrogen-bond donors (Lipinski definition) is 0. The van der Waals surface area contributed by atoms with E-state index in [-0.39, 0.29) is 0 Å². The average molecular weight is 224 g/mol. The van der Waals surface area contributed by atoms with Crippen LogP contribution in [0.5, 0.6) is 0 Å². The van der Waals surface area contributed by atoms with Gasteiger partial charge in [-0.1, -0.05) is 13.8 Å². The molecule has 0 heterocycles. The van der Waals surface area contributed by atoms with Gasteiger partial charge < -0.3 is 4.74 Å². The van der Waals surface area contributed by atoms with Gasteiger partial charge in [0.15, 0.2) is 0 Å². The Morgan fingerprint density at radius 1 is 1.20 bits per heavy atom. The van der Waals surface area contributed by atoms with Crippen LogP contribution in [-0.2, 0) is 9.53 Å². The molecular weight excluding hydrogens is 209 g/mol. The molecule has 0 unspecified atom stereocenters. The summed E-state index contributed by atoms with van der Waals surface area (Å²) in [5, 5.41) is 0. The second-order valence-corrected chi connectivity index (χ2v) is 4.29. The van der Waals surface area contributed by atoms with Crippen LogP contribution in [0, 0.1) is 11.8 Å². The minimum Gasteiger partial charge on any atom is -0.456 e. The van der Waals surface area contributed by atoms with E-state index in [4.69, 9.17) is 0 Å². The van der Waals surface area contributed by atoms with Gasteiger partial charge in [0.25, 0.3) is 0 Å². The average Bonchev–Trinajstić information content (AvgIpc) is 2.10. The van der Waals surface area contributed by atoms with E-state index in [0.29, 0.717) is 24.7 Å². The summed E-state index contributed by atoms with van der Waals surface area (Å²) in [6, 6.07) is 0. The van der Waals surface area contributed by atoms with Gasteiger partial charge in [-0.25, -0.2) is 4.79 Å². The van der Waals surface area contributed by atoms with Gasteiger partial charge in [0.05, 0.1) is 0 Å². The van der Waals surface area contributed by atoms with Gasteiger partial charge in [0.2, 0.25) is 0 Å². The highest BCUT2D eigenvalue weighted by atomic mass is 19.4. The Bertz CT molecular complexity index is 237. The van der Waals surface area contributed by atoms with Gasteiger partial charge in [-0.2, -0.15) is 13.2 Å². The maximum atomic E-state index is 11.9. The largest absolute Gasteiger partial charge is 0.490 e. The highest BCUT2D eigenvalue weighted by molar-refractivity contribution is 5.75. The third kappa shape index (κ3) is 3.39. The van der Waals surface area contributed by atoms with Crippen LogP contribution in [0.25, 0.3) is 0 Å². The molecule has 1 fully saturated rings. The Morgan fingerprint density at radius 2 is 1.80 bits per heavy atom. The maximum Gasteiger partial charge on any atom is 0.490 e. The van der Waals surface area contributed by atoms with E-state index < -0.39 is 18.2 Å². The molecule has 0 aliphatic heterocycles. The van der Waals surface area contributed by atoms with Crippen LogP contribution < -0.4 is 0 Å². The normalized spacial score (nSPS) is 32.5. The Labute approximate surface area is 86.8 Å². The van der Waals surface area contributed by atoms with Crippen molar-refractivity contribution in [1.82, 2.24) is 0 Å². The van der Waals surface area contributed by atoms with Crippen molar-refractivity contribution in [1.29, 1.82) is 0 Å². The van der Waals surface area contributed by atoms with E-state index in [1.165, 1.54) is 0 Å². The molecular formula is C10H15F3O2. The third-order valence-electron chi connectivity index (χ3n) is 3.06. The monoisotopic (exact) mass is 224 g/mol. The van der Waals surface area contributed by atoms with Gasteiger partial charge in [-0.3, -0.25) is 0 Å². The molecule has 0 saturated heterocycles. The molecule has 0 aromatic carbocycles. The van der Waals surface area contributed by atoms with Crippen LogP contribution >= 0.6 is 0 Å². The molecule has 3 atom stereocenters. The highest BCUT2D eigenvalue weighted by Crippen LogP contribution is 2.32. The first kappa shape index (κ1) is 12.3. The number of esters is 1. The van der Waals surface area contributed by atoms with Crippen LogP contribution in [0.2, 0.25) is 0 Å². The summed E-state index contributed by atoms with van der Waals surface area (Å²) >= 11 is 0. The fraction of sp³-hybridized carbons (Fsp3) is 0.900. The fourth-order valence-electron chi connectivity index (χ4n) is 1.82. The number of halogens is 3. The lowest BCUT2D eigenvalue weighted by molar-refractivity contribution is -0.207. The summed E-state index contributed by atoms with van der Waals surface area (Å²) in [7, 11) is 0. The molecule has 0 radical (unpaired) electrons. The topological polar surface area (TPSA) is 26.3 Å². The number of carbonyl (C=O) groups excluding carboxylic acids is 1. The molecule has 2 nitrogen and oxygen atoms in total. The van der Waals surface area contributed by atoms with E-state index in [1.54, 1.807) is 0 Å². The summed E-state index contributed by atoms with van der Waals surface area (Å²) in [4.78, 5) is 10.6. The van der Waals surface area contributed by atoms with Crippen LogP contribution in [0.3, 0.4) is 0 Å². The molecule has 1 aliphatic rings. The van der Waals surface area contributed by atoms with E-state index in [0.717, 1.165) is 6.42 Å². The second-order valence-electron chi connectivity index (χ2n) is 4.29. The SMILES string of the molecule is C[C@@H]1CC[C@@H](OC(=O)C(F)(F)F)C[C@@H]1C. The van der Waals surface area contributed by atoms with E-state index in [2.05, 4.69) is 11.7 Å². The van der Waals surface area contributed by atoms with Crippen molar-refractivity contribution >= 4 is 5.97 Å². The number of alkyl halides is 3. The van der Waals surface area contributed by atoms with Crippen molar-refractivity contribution in [3.05, 3.63) is 0 Å². The molecule has 0 bridgehead atoms. The molecule has 15 heavy (non-hydrogen) atoms. The number of rotatable bonds is 1. The van der Waals surface area contributed by atoms with Crippen molar-refractivity contribution in [2.45, 2.75) is 45.4 Å². The van der Waals surface area contributed by atoms with Crippen LogP contribution in [0.1, 0.15) is 33.1 Å². The van der Waals surface area contributed by atoms with Crippen LogP contribution in [0.15, 0.2) is 0 Å². The van der Waals surface area contributed by atoms with E-state index in [9.17, 15) is 18.0 Å². The zero-order chi connectivity index (χ0) is 11.6. The lowest BCUT2D eigenvalue weighted by atomic mass is 9.80. The predicted molar refractivity (Wildman–Crippen MR) is 48.1 cm³/mol.